The largest absolute Gasteiger partial charge is 0.326 e. The number of hydrogen-bond acceptors (Lipinski definition) is 3. The highest BCUT2D eigenvalue weighted by atomic mass is 16.1. The maximum absolute atomic E-state index is 12.2. The minimum Gasteiger partial charge on any atom is -0.326 e. The Morgan fingerprint density at radius 2 is 1.81 bits per heavy atom. The van der Waals surface area contributed by atoms with Crippen LogP contribution >= 0.6 is 0 Å². The van der Waals surface area contributed by atoms with Gasteiger partial charge in [-0.25, -0.2) is 0 Å². The zero-order chi connectivity index (χ0) is 19.1. The minimum atomic E-state index is 0.0513. The van der Waals surface area contributed by atoms with Gasteiger partial charge in [-0.05, 0) is 73.2 Å². The second kappa shape index (κ2) is 9.08. The summed E-state index contributed by atoms with van der Waals surface area (Å²) in [5.74, 6) is 0.471. The van der Waals surface area contributed by atoms with Crippen LogP contribution in [-0.4, -0.2) is 15.9 Å². The Morgan fingerprint density at radius 1 is 1.00 bits per heavy atom. The van der Waals surface area contributed by atoms with Crippen molar-refractivity contribution in [1.82, 2.24) is 9.97 Å². The van der Waals surface area contributed by atoms with E-state index in [0.29, 0.717) is 12.3 Å². The van der Waals surface area contributed by atoms with Crippen molar-refractivity contribution in [3.63, 3.8) is 0 Å². The molecule has 0 saturated carbocycles. The van der Waals surface area contributed by atoms with Crippen LogP contribution in [0.1, 0.15) is 31.2 Å². The predicted molar refractivity (Wildman–Crippen MR) is 109 cm³/mol. The summed E-state index contributed by atoms with van der Waals surface area (Å²) >= 11 is 0. The molecule has 1 amide bonds. The Hall–Kier alpha value is -3.01. The molecule has 4 heteroatoms. The molecule has 0 saturated heterocycles. The molecule has 1 aromatic carbocycles. The number of benzene rings is 1. The summed E-state index contributed by atoms with van der Waals surface area (Å²) in [4.78, 5) is 20.8. The maximum atomic E-state index is 12.2. The minimum absolute atomic E-state index is 0.0513. The summed E-state index contributed by atoms with van der Waals surface area (Å²) in [6.07, 6.45) is 5.88. The zero-order valence-electron chi connectivity index (χ0n) is 15.9. The molecule has 0 aliphatic carbocycles. The van der Waals surface area contributed by atoms with E-state index in [1.54, 1.807) is 0 Å². The third kappa shape index (κ3) is 5.74. The molecular weight excluding hydrogens is 334 g/mol. The summed E-state index contributed by atoms with van der Waals surface area (Å²) in [5, 5.41) is 2.98. The number of aromatic nitrogens is 2. The smallest absolute Gasteiger partial charge is 0.224 e. The highest BCUT2D eigenvalue weighted by Gasteiger charge is 2.09. The molecule has 0 spiro atoms. The van der Waals surface area contributed by atoms with Crippen molar-refractivity contribution in [2.45, 2.75) is 33.1 Å². The fraction of sp³-hybridized carbons (Fsp3) is 0.261. The number of amides is 1. The molecule has 4 nitrogen and oxygen atoms in total. The number of anilines is 1. The number of aryl methyl sites for hydroxylation is 1. The molecule has 1 atom stereocenters. The normalized spacial score (nSPS) is 11.8. The van der Waals surface area contributed by atoms with E-state index in [2.05, 4.69) is 28.3 Å². The Morgan fingerprint density at radius 3 is 2.52 bits per heavy atom. The van der Waals surface area contributed by atoms with E-state index in [0.717, 1.165) is 41.0 Å². The van der Waals surface area contributed by atoms with Crippen LogP contribution in [0, 0.1) is 12.8 Å². The summed E-state index contributed by atoms with van der Waals surface area (Å²) in [5.41, 5.74) is 5.13. The average molecular weight is 359 g/mol. The molecule has 0 fully saturated rings. The molecule has 0 aliphatic heterocycles. The van der Waals surface area contributed by atoms with Gasteiger partial charge in [0.25, 0.3) is 0 Å². The van der Waals surface area contributed by atoms with Gasteiger partial charge in [0.15, 0.2) is 0 Å². The monoisotopic (exact) mass is 359 g/mol. The number of hydrogen-bond donors (Lipinski definition) is 1. The molecule has 2 aromatic heterocycles. The van der Waals surface area contributed by atoms with E-state index < -0.39 is 0 Å². The molecular formula is C23H25N3O. The van der Waals surface area contributed by atoms with Crippen LogP contribution in [0.2, 0.25) is 0 Å². The molecule has 1 unspecified atom stereocenters. The van der Waals surface area contributed by atoms with Crippen LogP contribution < -0.4 is 5.32 Å². The molecule has 3 rings (SSSR count). The van der Waals surface area contributed by atoms with E-state index in [-0.39, 0.29) is 5.91 Å². The summed E-state index contributed by atoms with van der Waals surface area (Å²) in [6.45, 7) is 4.14. The van der Waals surface area contributed by atoms with Gasteiger partial charge in [-0.3, -0.25) is 14.8 Å². The lowest BCUT2D eigenvalue weighted by Crippen LogP contribution is -2.13. The van der Waals surface area contributed by atoms with E-state index in [9.17, 15) is 4.79 Å². The van der Waals surface area contributed by atoms with Crippen LogP contribution in [0.3, 0.4) is 0 Å². The first-order valence-electron chi connectivity index (χ1n) is 9.33. The third-order valence-electron chi connectivity index (χ3n) is 4.55. The molecule has 0 bridgehead atoms. The Balaban J connectivity index is 1.49. The molecule has 2 heterocycles. The fourth-order valence-electron chi connectivity index (χ4n) is 3.05. The first kappa shape index (κ1) is 18.8. The summed E-state index contributed by atoms with van der Waals surface area (Å²) in [6, 6.07) is 17.9. The quantitative estimate of drug-likeness (QED) is 0.642. The van der Waals surface area contributed by atoms with Crippen LogP contribution in [-0.2, 0) is 11.2 Å². The molecule has 27 heavy (non-hydrogen) atoms. The number of rotatable bonds is 7. The van der Waals surface area contributed by atoms with Gasteiger partial charge in [0.1, 0.15) is 0 Å². The van der Waals surface area contributed by atoms with Crippen LogP contribution in [0.4, 0.5) is 5.69 Å². The van der Waals surface area contributed by atoms with Crippen molar-refractivity contribution in [3.8, 4) is 11.1 Å². The van der Waals surface area contributed by atoms with Crippen molar-refractivity contribution in [2.75, 3.05) is 5.32 Å². The summed E-state index contributed by atoms with van der Waals surface area (Å²) < 4.78 is 0. The lowest BCUT2D eigenvalue weighted by Gasteiger charge is -2.11. The van der Waals surface area contributed by atoms with Crippen LogP contribution in [0.25, 0.3) is 11.1 Å². The van der Waals surface area contributed by atoms with Crippen molar-refractivity contribution in [2.24, 2.45) is 5.92 Å². The highest BCUT2D eigenvalue weighted by Crippen LogP contribution is 2.22. The van der Waals surface area contributed by atoms with Crippen molar-refractivity contribution >= 4 is 11.6 Å². The predicted octanol–water partition coefficient (Wildman–Crippen LogP) is 5.05. The van der Waals surface area contributed by atoms with E-state index >= 15 is 0 Å². The molecule has 0 aliphatic rings. The van der Waals surface area contributed by atoms with Crippen LogP contribution in [0.15, 0.2) is 67.0 Å². The number of pyridine rings is 2. The van der Waals surface area contributed by atoms with E-state index in [1.165, 1.54) is 0 Å². The standard InChI is InChI=1S/C23H25N3O/c1-17(15-22-5-3-4-13-25-22)6-11-23(27)26-21-9-7-19(8-10-21)20-12-14-24-18(2)16-20/h3-5,7-10,12-14,16-17H,6,11,15H2,1-2H3,(H,26,27). The SMILES string of the molecule is Cc1cc(-c2ccc(NC(=O)CCC(C)Cc3ccccn3)cc2)ccn1. The maximum Gasteiger partial charge on any atom is 0.224 e. The number of nitrogens with zero attached hydrogens (tertiary/aromatic N) is 2. The summed E-state index contributed by atoms with van der Waals surface area (Å²) in [7, 11) is 0. The number of carbonyl (C=O) groups is 1. The number of nitrogens with one attached hydrogen (secondary N) is 1. The fourth-order valence-corrected chi connectivity index (χ4v) is 3.05. The molecule has 0 radical (unpaired) electrons. The number of carbonyl (C=O) groups excluding carboxylic acids is 1. The topological polar surface area (TPSA) is 54.9 Å². The van der Waals surface area contributed by atoms with E-state index in [4.69, 9.17) is 0 Å². The lowest BCUT2D eigenvalue weighted by atomic mass is 9.99. The van der Waals surface area contributed by atoms with Gasteiger partial charge in [-0.1, -0.05) is 25.1 Å². The van der Waals surface area contributed by atoms with Gasteiger partial charge in [0.05, 0.1) is 0 Å². The van der Waals surface area contributed by atoms with Gasteiger partial charge < -0.3 is 5.32 Å². The highest BCUT2D eigenvalue weighted by molar-refractivity contribution is 5.91. The van der Waals surface area contributed by atoms with Gasteiger partial charge in [-0.2, -0.15) is 0 Å². The Labute approximate surface area is 160 Å². The molecule has 138 valence electrons. The lowest BCUT2D eigenvalue weighted by molar-refractivity contribution is -0.116. The van der Waals surface area contributed by atoms with E-state index in [1.807, 2.05) is 67.8 Å². The second-order valence-electron chi connectivity index (χ2n) is 6.98. The van der Waals surface area contributed by atoms with Crippen molar-refractivity contribution < 1.29 is 4.79 Å². The van der Waals surface area contributed by atoms with Crippen molar-refractivity contribution in [3.05, 3.63) is 78.4 Å². The second-order valence-corrected chi connectivity index (χ2v) is 6.98. The van der Waals surface area contributed by atoms with Gasteiger partial charge in [0, 0.05) is 35.9 Å². The van der Waals surface area contributed by atoms with Crippen LogP contribution in [0.5, 0.6) is 0 Å². The zero-order valence-corrected chi connectivity index (χ0v) is 15.9. The third-order valence-corrected chi connectivity index (χ3v) is 4.55. The van der Waals surface area contributed by atoms with Gasteiger partial charge in [-0.15, -0.1) is 0 Å². The molecule has 1 N–H and O–H groups in total. The molecule has 3 aromatic rings. The van der Waals surface area contributed by atoms with Gasteiger partial charge in [0.2, 0.25) is 5.91 Å². The van der Waals surface area contributed by atoms with Gasteiger partial charge >= 0.3 is 0 Å². The first-order valence-corrected chi connectivity index (χ1v) is 9.33. The Bertz CT molecular complexity index is 876. The first-order chi connectivity index (χ1) is 13.1. The van der Waals surface area contributed by atoms with Crippen molar-refractivity contribution in [1.29, 1.82) is 0 Å². The average Bonchev–Trinajstić information content (AvgIpc) is 2.68. The Kier molecular flexibility index (Phi) is 6.31.